The van der Waals surface area contributed by atoms with Gasteiger partial charge in [0, 0.05) is 0 Å². The lowest BCUT2D eigenvalue weighted by atomic mass is 10.2. The highest BCUT2D eigenvalue weighted by molar-refractivity contribution is 7.16. The summed E-state index contributed by atoms with van der Waals surface area (Å²) in [6.07, 6.45) is 1.08. The van der Waals surface area contributed by atoms with Crippen LogP contribution in [0.4, 0.5) is 5.00 Å². The van der Waals surface area contributed by atoms with Crippen LogP contribution < -0.4 is 9.47 Å². The Morgan fingerprint density at radius 3 is 2.75 bits per heavy atom. The van der Waals surface area contributed by atoms with E-state index in [1.165, 1.54) is 25.3 Å². The molecule has 8 nitrogen and oxygen atoms in total. The molecule has 0 fully saturated rings. The molecule has 1 heterocycles. The molecule has 1 N–H and O–H groups in total. The third kappa shape index (κ3) is 2.83. The van der Waals surface area contributed by atoms with Crippen molar-refractivity contribution in [1.82, 2.24) is 4.98 Å². The number of ether oxygens (including phenoxy) is 2. The van der Waals surface area contributed by atoms with E-state index < -0.39 is 10.9 Å². The van der Waals surface area contributed by atoms with Gasteiger partial charge in [-0.3, -0.25) is 10.1 Å². The Morgan fingerprint density at radius 2 is 2.20 bits per heavy atom. The van der Waals surface area contributed by atoms with Gasteiger partial charge in [-0.1, -0.05) is 0 Å². The highest BCUT2D eigenvalue weighted by atomic mass is 32.1. The van der Waals surface area contributed by atoms with E-state index in [2.05, 4.69) is 4.98 Å². The SMILES string of the molecule is COc1cc(C(=O)O)ccc1Oc1ncc([N+](=O)[O-])s1. The number of benzene rings is 1. The fraction of sp³-hybridized carbons (Fsp3) is 0.0909. The monoisotopic (exact) mass is 296 g/mol. The van der Waals surface area contributed by atoms with E-state index in [1.54, 1.807) is 0 Å². The molecule has 104 valence electrons. The minimum atomic E-state index is -1.10. The van der Waals surface area contributed by atoms with Crippen molar-refractivity contribution in [3.63, 3.8) is 0 Å². The summed E-state index contributed by atoms with van der Waals surface area (Å²) in [7, 11) is 1.36. The average molecular weight is 296 g/mol. The van der Waals surface area contributed by atoms with E-state index in [-0.39, 0.29) is 27.3 Å². The first-order valence-electron chi connectivity index (χ1n) is 5.20. The molecule has 0 saturated heterocycles. The Hall–Kier alpha value is -2.68. The van der Waals surface area contributed by atoms with Gasteiger partial charge in [0.2, 0.25) is 0 Å². The highest BCUT2D eigenvalue weighted by Gasteiger charge is 2.16. The Morgan fingerprint density at radius 1 is 1.45 bits per heavy atom. The number of nitrogens with zero attached hydrogens (tertiary/aromatic N) is 2. The fourth-order valence-electron chi connectivity index (χ4n) is 1.36. The molecule has 0 bridgehead atoms. The zero-order valence-corrected chi connectivity index (χ0v) is 10.9. The number of carboxylic acid groups (broad SMARTS) is 1. The van der Waals surface area contributed by atoms with Gasteiger partial charge in [0.15, 0.2) is 11.5 Å². The van der Waals surface area contributed by atoms with Gasteiger partial charge in [-0.2, -0.15) is 0 Å². The van der Waals surface area contributed by atoms with Crippen molar-refractivity contribution in [2.75, 3.05) is 7.11 Å². The van der Waals surface area contributed by atoms with Crippen LogP contribution in [0.1, 0.15) is 10.4 Å². The summed E-state index contributed by atoms with van der Waals surface area (Å²) in [4.78, 5) is 24.5. The van der Waals surface area contributed by atoms with Gasteiger partial charge < -0.3 is 14.6 Å². The summed E-state index contributed by atoms with van der Waals surface area (Å²) in [6.45, 7) is 0. The van der Waals surface area contributed by atoms with Crippen molar-refractivity contribution in [3.05, 3.63) is 40.1 Å². The van der Waals surface area contributed by atoms with Gasteiger partial charge >= 0.3 is 11.0 Å². The Labute approximate surface area is 116 Å². The quantitative estimate of drug-likeness (QED) is 0.666. The van der Waals surface area contributed by atoms with Crippen LogP contribution in [0.5, 0.6) is 16.7 Å². The van der Waals surface area contributed by atoms with Gasteiger partial charge in [-0.05, 0) is 29.5 Å². The molecule has 0 aliphatic rings. The number of thiazole rings is 1. The molecule has 20 heavy (non-hydrogen) atoms. The second-order valence-electron chi connectivity index (χ2n) is 3.49. The smallest absolute Gasteiger partial charge is 0.347 e. The van der Waals surface area contributed by atoms with Crippen molar-refractivity contribution in [1.29, 1.82) is 0 Å². The zero-order valence-electron chi connectivity index (χ0n) is 10.1. The number of methoxy groups -OCH3 is 1. The van der Waals surface area contributed by atoms with Crippen molar-refractivity contribution in [2.24, 2.45) is 0 Å². The van der Waals surface area contributed by atoms with Crippen LogP contribution in [-0.2, 0) is 0 Å². The third-order valence-electron chi connectivity index (χ3n) is 2.26. The van der Waals surface area contributed by atoms with Gasteiger partial charge in [0.25, 0.3) is 5.19 Å². The highest BCUT2D eigenvalue weighted by Crippen LogP contribution is 2.36. The number of rotatable bonds is 5. The summed E-state index contributed by atoms with van der Waals surface area (Å²) < 4.78 is 10.4. The number of aromatic carboxylic acids is 1. The van der Waals surface area contributed by atoms with Crippen LogP contribution >= 0.6 is 11.3 Å². The van der Waals surface area contributed by atoms with E-state index >= 15 is 0 Å². The summed E-state index contributed by atoms with van der Waals surface area (Å²) in [6, 6.07) is 4.03. The summed E-state index contributed by atoms with van der Waals surface area (Å²) in [5, 5.41) is 19.3. The first-order chi connectivity index (χ1) is 9.51. The molecule has 2 aromatic rings. The number of hydrogen-bond donors (Lipinski definition) is 1. The van der Waals surface area contributed by atoms with E-state index in [0.717, 1.165) is 17.5 Å². The topological polar surface area (TPSA) is 112 Å². The van der Waals surface area contributed by atoms with Gasteiger partial charge in [0.05, 0.1) is 17.6 Å². The first-order valence-corrected chi connectivity index (χ1v) is 6.02. The molecule has 0 aliphatic heterocycles. The van der Waals surface area contributed by atoms with Crippen LogP contribution in [0.25, 0.3) is 0 Å². The third-order valence-corrected chi connectivity index (χ3v) is 3.09. The molecule has 0 amide bonds. The maximum absolute atomic E-state index is 10.8. The second-order valence-corrected chi connectivity index (χ2v) is 4.47. The standard InChI is InChI=1S/C11H8N2O6S/c1-18-8-4-6(10(14)15)2-3-7(8)19-11-12-5-9(20-11)13(16)17/h2-5H,1H3,(H,14,15). The summed E-state index contributed by atoms with van der Waals surface area (Å²) >= 11 is 0.761. The van der Waals surface area contributed by atoms with Gasteiger partial charge in [0.1, 0.15) is 6.20 Å². The van der Waals surface area contributed by atoms with Crippen molar-refractivity contribution in [3.8, 4) is 16.7 Å². The Bertz CT molecular complexity index is 669. The van der Waals surface area contributed by atoms with Crippen molar-refractivity contribution >= 4 is 22.3 Å². The molecule has 2 rings (SSSR count). The van der Waals surface area contributed by atoms with E-state index in [9.17, 15) is 14.9 Å². The predicted octanol–water partition coefficient (Wildman–Crippen LogP) is 2.55. The minimum Gasteiger partial charge on any atom is -0.493 e. The van der Waals surface area contributed by atoms with E-state index in [0.29, 0.717) is 0 Å². The number of nitro groups is 1. The van der Waals surface area contributed by atoms with Crippen LogP contribution in [0.3, 0.4) is 0 Å². The zero-order chi connectivity index (χ0) is 14.7. The number of hydrogen-bond acceptors (Lipinski definition) is 7. The molecular weight excluding hydrogens is 288 g/mol. The normalized spacial score (nSPS) is 10.1. The molecule has 0 spiro atoms. The lowest BCUT2D eigenvalue weighted by molar-refractivity contribution is -0.380. The second kappa shape index (κ2) is 5.53. The van der Waals surface area contributed by atoms with Crippen LogP contribution in [0.15, 0.2) is 24.4 Å². The summed E-state index contributed by atoms with van der Waals surface area (Å²) in [5.74, 6) is -0.677. The average Bonchev–Trinajstić information content (AvgIpc) is 2.87. The molecule has 0 saturated carbocycles. The van der Waals surface area contributed by atoms with Crippen LogP contribution in [0, 0.1) is 10.1 Å². The predicted molar refractivity (Wildman–Crippen MR) is 68.8 cm³/mol. The Kier molecular flexibility index (Phi) is 3.80. The van der Waals surface area contributed by atoms with Gasteiger partial charge in [-0.25, -0.2) is 9.78 Å². The van der Waals surface area contributed by atoms with Gasteiger partial charge in [-0.15, -0.1) is 0 Å². The fourth-order valence-corrected chi connectivity index (χ4v) is 1.96. The van der Waals surface area contributed by atoms with E-state index in [4.69, 9.17) is 14.6 Å². The minimum absolute atomic E-state index is 0.0410. The van der Waals surface area contributed by atoms with Crippen molar-refractivity contribution in [2.45, 2.75) is 0 Å². The Balaban J connectivity index is 2.28. The van der Waals surface area contributed by atoms with Crippen LogP contribution in [0.2, 0.25) is 0 Å². The molecular formula is C11H8N2O6S. The molecule has 1 aromatic heterocycles. The van der Waals surface area contributed by atoms with Crippen molar-refractivity contribution < 1.29 is 24.3 Å². The molecule has 0 aliphatic carbocycles. The number of aromatic nitrogens is 1. The molecule has 0 radical (unpaired) electrons. The largest absolute Gasteiger partial charge is 0.493 e. The molecule has 0 atom stereocenters. The van der Waals surface area contributed by atoms with Crippen LogP contribution in [-0.4, -0.2) is 28.1 Å². The maximum Gasteiger partial charge on any atom is 0.347 e. The molecule has 0 unspecified atom stereocenters. The van der Waals surface area contributed by atoms with E-state index in [1.807, 2.05) is 0 Å². The summed E-state index contributed by atoms with van der Waals surface area (Å²) in [5.41, 5.74) is 0.0410. The molecule has 1 aromatic carbocycles. The number of carboxylic acids is 1. The lowest BCUT2D eigenvalue weighted by Gasteiger charge is -2.08. The first kappa shape index (κ1) is 13.7. The lowest BCUT2D eigenvalue weighted by Crippen LogP contribution is -1.98. The maximum atomic E-state index is 10.8. The number of carbonyl (C=O) groups is 1. The molecule has 9 heteroatoms.